The Kier molecular flexibility index (Phi) is 4.48. The minimum atomic E-state index is 0.212. The predicted molar refractivity (Wildman–Crippen MR) is 67.5 cm³/mol. The van der Waals surface area contributed by atoms with Crippen LogP contribution in [-0.4, -0.2) is 42.7 Å². The van der Waals surface area contributed by atoms with Gasteiger partial charge >= 0.3 is 0 Å². The predicted octanol–water partition coefficient (Wildman–Crippen LogP) is 0.877. The van der Waals surface area contributed by atoms with Crippen LogP contribution in [0.5, 0.6) is 0 Å². The Morgan fingerprint density at radius 1 is 1.53 bits per heavy atom. The fraction of sp³-hybridized carbons (Fsp3) is 0.615. The lowest BCUT2D eigenvalue weighted by Gasteiger charge is -2.24. The summed E-state index contributed by atoms with van der Waals surface area (Å²) in [6.07, 6.45) is 4.76. The van der Waals surface area contributed by atoms with Crippen molar-refractivity contribution in [2.24, 2.45) is 11.7 Å². The first-order valence-electron chi connectivity index (χ1n) is 6.16. The second kappa shape index (κ2) is 6.10. The van der Waals surface area contributed by atoms with Crippen molar-refractivity contribution in [1.29, 1.82) is 0 Å². The molecule has 4 heteroatoms. The van der Waals surface area contributed by atoms with Gasteiger partial charge in [0.2, 0.25) is 0 Å². The molecule has 1 aromatic rings. The summed E-state index contributed by atoms with van der Waals surface area (Å²) in [5.74, 6) is 0.523. The molecular weight excluding hydrogens is 214 g/mol. The highest BCUT2D eigenvalue weighted by Gasteiger charge is 2.23. The van der Waals surface area contributed by atoms with Crippen molar-refractivity contribution >= 4 is 0 Å². The van der Waals surface area contributed by atoms with Gasteiger partial charge in [0.05, 0.1) is 6.61 Å². The second-order valence-corrected chi connectivity index (χ2v) is 4.84. The van der Waals surface area contributed by atoms with Gasteiger partial charge in [-0.05, 0) is 31.2 Å². The molecule has 2 unspecified atom stereocenters. The second-order valence-electron chi connectivity index (χ2n) is 4.84. The number of nitrogens with two attached hydrogens (primary N) is 1. The van der Waals surface area contributed by atoms with E-state index < -0.39 is 0 Å². The van der Waals surface area contributed by atoms with E-state index in [9.17, 15) is 0 Å². The van der Waals surface area contributed by atoms with Gasteiger partial charge in [0.15, 0.2) is 0 Å². The Bertz CT molecular complexity index is 325. The van der Waals surface area contributed by atoms with Gasteiger partial charge in [0.25, 0.3) is 0 Å². The molecule has 0 amide bonds. The average Bonchev–Trinajstić information content (AvgIpc) is 2.83. The molecule has 2 atom stereocenters. The van der Waals surface area contributed by atoms with E-state index >= 15 is 0 Å². The number of rotatable bonds is 5. The summed E-state index contributed by atoms with van der Waals surface area (Å²) in [6.45, 7) is 3.52. The molecule has 2 heterocycles. The van der Waals surface area contributed by atoms with Gasteiger partial charge in [0, 0.05) is 44.0 Å². The quantitative estimate of drug-likeness (QED) is 0.823. The minimum Gasteiger partial charge on any atom is -0.381 e. The molecule has 17 heavy (non-hydrogen) atoms. The summed E-state index contributed by atoms with van der Waals surface area (Å²) < 4.78 is 5.37. The minimum absolute atomic E-state index is 0.212. The molecule has 1 aliphatic rings. The van der Waals surface area contributed by atoms with Crippen LogP contribution in [0.25, 0.3) is 0 Å². The molecule has 1 aromatic heterocycles. The molecule has 2 rings (SSSR count). The normalized spacial score (nSPS) is 21.9. The molecule has 4 nitrogen and oxygen atoms in total. The third-order valence-electron chi connectivity index (χ3n) is 3.29. The van der Waals surface area contributed by atoms with Crippen molar-refractivity contribution in [3.8, 4) is 0 Å². The Morgan fingerprint density at radius 3 is 2.94 bits per heavy atom. The van der Waals surface area contributed by atoms with Crippen LogP contribution in [0.4, 0.5) is 0 Å². The van der Waals surface area contributed by atoms with Gasteiger partial charge in [0.1, 0.15) is 0 Å². The van der Waals surface area contributed by atoms with Crippen LogP contribution in [0, 0.1) is 5.92 Å². The van der Waals surface area contributed by atoms with E-state index in [2.05, 4.69) is 16.9 Å². The maximum Gasteiger partial charge on any atom is 0.0510 e. The third-order valence-corrected chi connectivity index (χ3v) is 3.29. The molecule has 0 bridgehead atoms. The first-order valence-corrected chi connectivity index (χ1v) is 6.16. The summed E-state index contributed by atoms with van der Waals surface area (Å²) in [7, 11) is 2.11. The molecule has 2 N–H and O–H groups in total. The largest absolute Gasteiger partial charge is 0.381 e. The number of likely N-dealkylation sites (N-methyl/N-ethyl adjacent to an activating group) is 1. The smallest absolute Gasteiger partial charge is 0.0510 e. The van der Waals surface area contributed by atoms with Crippen LogP contribution in [0.15, 0.2) is 24.5 Å². The van der Waals surface area contributed by atoms with Crippen molar-refractivity contribution in [3.63, 3.8) is 0 Å². The zero-order chi connectivity index (χ0) is 12.1. The molecule has 0 radical (unpaired) electrons. The number of hydrogen-bond donors (Lipinski definition) is 1. The maximum absolute atomic E-state index is 6.20. The number of pyridine rings is 1. The van der Waals surface area contributed by atoms with Crippen LogP contribution < -0.4 is 5.73 Å². The third kappa shape index (κ3) is 3.77. The van der Waals surface area contributed by atoms with Gasteiger partial charge in [-0.3, -0.25) is 4.98 Å². The average molecular weight is 235 g/mol. The molecule has 1 fully saturated rings. The van der Waals surface area contributed by atoms with Crippen molar-refractivity contribution in [3.05, 3.63) is 30.1 Å². The Hall–Kier alpha value is -0.970. The van der Waals surface area contributed by atoms with Gasteiger partial charge in [-0.2, -0.15) is 0 Å². The van der Waals surface area contributed by atoms with Gasteiger partial charge in [-0.1, -0.05) is 0 Å². The van der Waals surface area contributed by atoms with Gasteiger partial charge in [-0.25, -0.2) is 0 Å². The van der Waals surface area contributed by atoms with E-state index in [1.165, 1.54) is 5.56 Å². The van der Waals surface area contributed by atoms with Crippen LogP contribution >= 0.6 is 0 Å². The lowest BCUT2D eigenvalue weighted by atomic mass is 9.99. The van der Waals surface area contributed by atoms with Crippen molar-refractivity contribution in [2.45, 2.75) is 19.0 Å². The summed E-state index contributed by atoms with van der Waals surface area (Å²) in [6, 6.07) is 4.30. The van der Waals surface area contributed by atoms with Crippen molar-refractivity contribution < 1.29 is 4.74 Å². The molecule has 0 aliphatic carbocycles. The molecule has 1 aliphatic heterocycles. The topological polar surface area (TPSA) is 51.4 Å². The molecule has 94 valence electrons. The fourth-order valence-electron chi connectivity index (χ4n) is 2.26. The molecule has 0 aromatic carbocycles. The molecule has 1 saturated heterocycles. The SMILES string of the molecule is CN(Cc1ccncc1)CC(N)C1CCOC1. The first-order chi connectivity index (χ1) is 8.25. The zero-order valence-corrected chi connectivity index (χ0v) is 10.4. The van der Waals surface area contributed by atoms with Crippen molar-refractivity contribution in [1.82, 2.24) is 9.88 Å². The standard InChI is InChI=1S/C13H21N3O/c1-16(8-11-2-5-15-6-3-11)9-13(14)12-4-7-17-10-12/h2-3,5-6,12-13H,4,7-10,14H2,1H3. The lowest BCUT2D eigenvalue weighted by molar-refractivity contribution is 0.173. The number of aromatic nitrogens is 1. The highest BCUT2D eigenvalue weighted by atomic mass is 16.5. The van der Waals surface area contributed by atoms with Crippen molar-refractivity contribution in [2.75, 3.05) is 26.8 Å². The summed E-state index contributed by atoms with van der Waals surface area (Å²) >= 11 is 0. The molecule has 0 spiro atoms. The van der Waals surface area contributed by atoms with Crippen LogP contribution in [0.3, 0.4) is 0 Å². The molecular formula is C13H21N3O. The van der Waals surface area contributed by atoms with Crippen LogP contribution in [0.2, 0.25) is 0 Å². The number of hydrogen-bond acceptors (Lipinski definition) is 4. The van der Waals surface area contributed by atoms with Gasteiger partial charge in [-0.15, -0.1) is 0 Å². The van der Waals surface area contributed by atoms with E-state index in [1.807, 2.05) is 24.5 Å². The van der Waals surface area contributed by atoms with E-state index in [0.717, 1.165) is 32.7 Å². The Balaban J connectivity index is 1.78. The highest BCUT2D eigenvalue weighted by Crippen LogP contribution is 2.16. The van der Waals surface area contributed by atoms with E-state index in [-0.39, 0.29) is 6.04 Å². The monoisotopic (exact) mass is 235 g/mol. The van der Waals surface area contributed by atoms with Crippen LogP contribution in [-0.2, 0) is 11.3 Å². The number of ether oxygens (including phenoxy) is 1. The fourth-order valence-corrected chi connectivity index (χ4v) is 2.26. The highest BCUT2D eigenvalue weighted by molar-refractivity contribution is 5.09. The summed E-state index contributed by atoms with van der Waals surface area (Å²) in [5.41, 5.74) is 7.47. The Labute approximate surface area is 103 Å². The van der Waals surface area contributed by atoms with E-state index in [4.69, 9.17) is 10.5 Å². The maximum atomic E-state index is 6.20. The molecule has 0 saturated carbocycles. The first kappa shape index (κ1) is 12.5. The van der Waals surface area contributed by atoms with Crippen LogP contribution in [0.1, 0.15) is 12.0 Å². The van der Waals surface area contributed by atoms with E-state index in [0.29, 0.717) is 5.92 Å². The lowest BCUT2D eigenvalue weighted by Crippen LogP contribution is -2.40. The van der Waals surface area contributed by atoms with Gasteiger partial charge < -0.3 is 15.4 Å². The summed E-state index contributed by atoms with van der Waals surface area (Å²) in [4.78, 5) is 6.28. The Morgan fingerprint density at radius 2 is 2.29 bits per heavy atom. The van der Waals surface area contributed by atoms with E-state index in [1.54, 1.807) is 0 Å². The zero-order valence-electron chi connectivity index (χ0n) is 10.4. The summed E-state index contributed by atoms with van der Waals surface area (Å²) in [5, 5.41) is 0. The number of nitrogens with zero attached hydrogens (tertiary/aromatic N) is 2.